The van der Waals surface area contributed by atoms with Crippen LogP contribution < -0.4 is 0 Å². The summed E-state index contributed by atoms with van der Waals surface area (Å²) in [5.41, 5.74) is 1.34. The van der Waals surface area contributed by atoms with E-state index in [4.69, 9.17) is 4.74 Å². The molecule has 0 radical (unpaired) electrons. The van der Waals surface area contributed by atoms with Gasteiger partial charge in [-0.1, -0.05) is 0 Å². The molecule has 5 nitrogen and oxygen atoms in total. The van der Waals surface area contributed by atoms with Crippen molar-refractivity contribution in [2.75, 3.05) is 26.2 Å². The molecular formula is C15H20N4O. The van der Waals surface area contributed by atoms with Gasteiger partial charge in [-0.05, 0) is 30.2 Å². The summed E-state index contributed by atoms with van der Waals surface area (Å²) in [4.78, 5) is 6.52. The van der Waals surface area contributed by atoms with E-state index in [9.17, 15) is 0 Å². The predicted octanol–water partition coefficient (Wildman–Crippen LogP) is 1.22. The zero-order valence-electron chi connectivity index (χ0n) is 11.6. The molecule has 0 aromatic carbocycles. The van der Waals surface area contributed by atoms with Crippen LogP contribution in [0.5, 0.6) is 0 Å². The van der Waals surface area contributed by atoms with Crippen LogP contribution >= 0.6 is 0 Å². The second kappa shape index (κ2) is 6.63. The van der Waals surface area contributed by atoms with E-state index in [0.29, 0.717) is 0 Å². The van der Waals surface area contributed by atoms with Crippen molar-refractivity contribution in [1.29, 1.82) is 0 Å². The molecule has 1 fully saturated rings. The SMILES string of the molecule is c1cnn(C[C@@H]2CN(CCc3ccncc3)CCO2)c1. The standard InChI is InChI=1S/C15H20N4O/c1-5-17-19(8-1)13-15-12-18(10-11-20-15)9-4-14-2-6-16-7-3-14/h1-3,5-8,15H,4,9-13H2/t15-/m0/s1. The van der Waals surface area contributed by atoms with Crippen LogP contribution in [-0.2, 0) is 17.7 Å². The molecule has 1 saturated heterocycles. The van der Waals surface area contributed by atoms with Crippen molar-refractivity contribution in [3.8, 4) is 0 Å². The molecule has 3 rings (SSSR count). The second-order valence-electron chi connectivity index (χ2n) is 5.13. The third kappa shape index (κ3) is 3.65. The van der Waals surface area contributed by atoms with Gasteiger partial charge in [0.25, 0.3) is 0 Å². The van der Waals surface area contributed by atoms with E-state index in [1.54, 1.807) is 0 Å². The van der Waals surface area contributed by atoms with E-state index in [1.807, 2.05) is 35.5 Å². The van der Waals surface area contributed by atoms with E-state index in [-0.39, 0.29) is 6.10 Å². The summed E-state index contributed by atoms with van der Waals surface area (Å²) in [6.45, 7) is 4.70. The minimum atomic E-state index is 0.237. The van der Waals surface area contributed by atoms with Crippen LogP contribution in [0, 0.1) is 0 Å². The van der Waals surface area contributed by atoms with Crippen molar-refractivity contribution in [2.45, 2.75) is 19.1 Å². The van der Waals surface area contributed by atoms with Crippen LogP contribution in [0.25, 0.3) is 0 Å². The van der Waals surface area contributed by atoms with Crippen molar-refractivity contribution in [2.24, 2.45) is 0 Å². The van der Waals surface area contributed by atoms with Gasteiger partial charge in [0.1, 0.15) is 0 Å². The van der Waals surface area contributed by atoms with Gasteiger partial charge in [0.2, 0.25) is 0 Å². The van der Waals surface area contributed by atoms with Gasteiger partial charge in [0.05, 0.1) is 19.3 Å². The fraction of sp³-hybridized carbons (Fsp3) is 0.467. The van der Waals surface area contributed by atoms with Crippen LogP contribution in [0.3, 0.4) is 0 Å². The topological polar surface area (TPSA) is 43.2 Å². The Morgan fingerprint density at radius 3 is 2.95 bits per heavy atom. The lowest BCUT2D eigenvalue weighted by molar-refractivity contribution is -0.0370. The highest BCUT2D eigenvalue weighted by Crippen LogP contribution is 2.09. The molecule has 0 unspecified atom stereocenters. The van der Waals surface area contributed by atoms with Gasteiger partial charge in [-0.2, -0.15) is 5.10 Å². The predicted molar refractivity (Wildman–Crippen MR) is 76.3 cm³/mol. The summed E-state index contributed by atoms with van der Waals surface area (Å²) < 4.78 is 7.76. The molecule has 106 valence electrons. The molecule has 1 atom stereocenters. The molecule has 0 saturated carbocycles. The first-order valence-corrected chi connectivity index (χ1v) is 7.10. The van der Waals surface area contributed by atoms with E-state index < -0.39 is 0 Å². The highest BCUT2D eigenvalue weighted by molar-refractivity contribution is 5.09. The van der Waals surface area contributed by atoms with E-state index in [0.717, 1.165) is 39.2 Å². The van der Waals surface area contributed by atoms with Crippen molar-refractivity contribution < 1.29 is 4.74 Å². The molecule has 0 bridgehead atoms. The van der Waals surface area contributed by atoms with Gasteiger partial charge in [-0.25, -0.2) is 0 Å². The molecule has 0 aliphatic carbocycles. The molecule has 0 amide bonds. The molecule has 20 heavy (non-hydrogen) atoms. The summed E-state index contributed by atoms with van der Waals surface area (Å²) in [6.07, 6.45) is 8.81. The minimum absolute atomic E-state index is 0.237. The third-order valence-electron chi connectivity index (χ3n) is 3.64. The first-order valence-electron chi connectivity index (χ1n) is 7.10. The Balaban J connectivity index is 1.48. The van der Waals surface area contributed by atoms with Crippen molar-refractivity contribution in [3.63, 3.8) is 0 Å². The average molecular weight is 272 g/mol. The van der Waals surface area contributed by atoms with Crippen LogP contribution in [-0.4, -0.2) is 52.0 Å². The van der Waals surface area contributed by atoms with Gasteiger partial charge >= 0.3 is 0 Å². The fourth-order valence-electron chi connectivity index (χ4n) is 2.55. The Labute approximate surface area is 119 Å². The Hall–Kier alpha value is -1.72. The summed E-state index contributed by atoms with van der Waals surface area (Å²) in [5.74, 6) is 0. The average Bonchev–Trinajstić information content (AvgIpc) is 3.00. The lowest BCUT2D eigenvalue weighted by Gasteiger charge is -2.32. The second-order valence-corrected chi connectivity index (χ2v) is 5.13. The summed E-state index contributed by atoms with van der Waals surface area (Å²) in [7, 11) is 0. The maximum atomic E-state index is 5.82. The molecule has 2 aromatic heterocycles. The smallest absolute Gasteiger partial charge is 0.0898 e. The molecule has 1 aliphatic heterocycles. The van der Waals surface area contributed by atoms with Crippen molar-refractivity contribution in [3.05, 3.63) is 48.5 Å². The molecule has 3 heterocycles. The monoisotopic (exact) mass is 272 g/mol. The number of hydrogen-bond acceptors (Lipinski definition) is 4. The number of ether oxygens (including phenoxy) is 1. The molecule has 0 N–H and O–H groups in total. The third-order valence-corrected chi connectivity index (χ3v) is 3.64. The Kier molecular flexibility index (Phi) is 4.40. The van der Waals surface area contributed by atoms with Crippen molar-refractivity contribution >= 4 is 0 Å². The van der Waals surface area contributed by atoms with Gasteiger partial charge in [0, 0.05) is 44.4 Å². The zero-order valence-corrected chi connectivity index (χ0v) is 11.6. The number of aromatic nitrogens is 3. The fourth-order valence-corrected chi connectivity index (χ4v) is 2.55. The molecule has 1 aliphatic rings. The number of rotatable bonds is 5. The molecule has 2 aromatic rings. The van der Waals surface area contributed by atoms with Crippen molar-refractivity contribution in [1.82, 2.24) is 19.7 Å². The maximum absolute atomic E-state index is 5.82. The van der Waals surface area contributed by atoms with Crippen LogP contribution in [0.2, 0.25) is 0 Å². The minimum Gasteiger partial charge on any atom is -0.374 e. The van der Waals surface area contributed by atoms with Crippen LogP contribution in [0.1, 0.15) is 5.56 Å². The van der Waals surface area contributed by atoms with Crippen LogP contribution in [0.4, 0.5) is 0 Å². The van der Waals surface area contributed by atoms with Gasteiger partial charge in [-0.15, -0.1) is 0 Å². The lowest BCUT2D eigenvalue weighted by Crippen LogP contribution is -2.44. The maximum Gasteiger partial charge on any atom is 0.0898 e. The summed E-state index contributed by atoms with van der Waals surface area (Å²) >= 11 is 0. The van der Waals surface area contributed by atoms with E-state index in [1.165, 1.54) is 5.56 Å². The lowest BCUT2D eigenvalue weighted by atomic mass is 10.2. The number of nitrogens with zero attached hydrogens (tertiary/aromatic N) is 4. The quantitative estimate of drug-likeness (QED) is 0.821. The highest BCUT2D eigenvalue weighted by atomic mass is 16.5. The normalized spacial score (nSPS) is 20.1. The zero-order chi connectivity index (χ0) is 13.6. The number of morpholine rings is 1. The Morgan fingerprint density at radius 2 is 2.15 bits per heavy atom. The largest absolute Gasteiger partial charge is 0.374 e. The van der Waals surface area contributed by atoms with Gasteiger partial charge in [-0.3, -0.25) is 14.6 Å². The molecule has 0 spiro atoms. The number of hydrogen-bond donors (Lipinski definition) is 0. The Morgan fingerprint density at radius 1 is 1.25 bits per heavy atom. The van der Waals surface area contributed by atoms with Crippen LogP contribution in [0.15, 0.2) is 43.0 Å². The van der Waals surface area contributed by atoms with E-state index in [2.05, 4.69) is 27.1 Å². The summed E-state index contributed by atoms with van der Waals surface area (Å²) in [5, 5.41) is 4.24. The van der Waals surface area contributed by atoms with Gasteiger partial charge < -0.3 is 4.74 Å². The first kappa shape index (κ1) is 13.3. The molecular weight excluding hydrogens is 252 g/mol. The first-order chi connectivity index (χ1) is 9.90. The highest BCUT2D eigenvalue weighted by Gasteiger charge is 2.20. The molecule has 5 heteroatoms. The van der Waals surface area contributed by atoms with Gasteiger partial charge in [0.15, 0.2) is 0 Å². The Bertz CT molecular complexity index is 500. The van der Waals surface area contributed by atoms with E-state index >= 15 is 0 Å². The number of pyridine rings is 1. The summed E-state index contributed by atoms with van der Waals surface area (Å²) in [6, 6.07) is 6.12.